The van der Waals surface area contributed by atoms with E-state index in [1.165, 1.54) is 6.92 Å². The molecule has 2 amide bonds. The zero-order chi connectivity index (χ0) is 14.4. The first-order valence-electron chi connectivity index (χ1n) is 6.69. The molecule has 0 spiro atoms. The lowest BCUT2D eigenvalue weighted by atomic mass is 9.77. The smallest absolute Gasteiger partial charge is 0.220 e. The third-order valence-electron chi connectivity index (χ3n) is 3.23. The fourth-order valence-electron chi connectivity index (χ4n) is 2.17. The minimum absolute atomic E-state index is 0.0149. The van der Waals surface area contributed by atoms with Gasteiger partial charge in [-0.2, -0.15) is 0 Å². The average molecular weight is 256 g/mol. The van der Waals surface area contributed by atoms with Gasteiger partial charge in [-0.25, -0.2) is 0 Å². The zero-order valence-electron chi connectivity index (χ0n) is 12.6. The van der Waals surface area contributed by atoms with Gasteiger partial charge in [-0.3, -0.25) is 9.59 Å². The van der Waals surface area contributed by atoms with Crippen molar-refractivity contribution in [3.63, 3.8) is 0 Å². The topological polar surface area (TPSA) is 58.2 Å². The lowest BCUT2D eigenvalue weighted by Gasteiger charge is -2.37. The van der Waals surface area contributed by atoms with Gasteiger partial charge in [0.05, 0.1) is 0 Å². The molecule has 0 heterocycles. The second kappa shape index (κ2) is 6.76. The largest absolute Gasteiger partial charge is 0.356 e. The average Bonchev–Trinajstić information content (AvgIpc) is 2.25. The van der Waals surface area contributed by atoms with Crippen LogP contribution in [0.1, 0.15) is 60.8 Å². The summed E-state index contributed by atoms with van der Waals surface area (Å²) in [5.41, 5.74) is -0.257. The van der Waals surface area contributed by atoms with Crippen LogP contribution in [-0.4, -0.2) is 23.9 Å². The molecule has 0 aromatic heterocycles. The Labute approximate surface area is 111 Å². The molecule has 18 heavy (non-hydrogen) atoms. The maximum atomic E-state index is 11.6. The lowest BCUT2D eigenvalue weighted by molar-refractivity contribution is -0.123. The molecule has 0 aliphatic rings. The molecule has 4 heteroatoms. The fraction of sp³-hybridized carbons (Fsp3) is 0.857. The van der Waals surface area contributed by atoms with Gasteiger partial charge < -0.3 is 10.6 Å². The number of nitrogens with one attached hydrogen (secondary N) is 2. The Morgan fingerprint density at radius 2 is 1.67 bits per heavy atom. The van der Waals surface area contributed by atoms with Crippen LogP contribution in [0.25, 0.3) is 0 Å². The molecule has 0 aliphatic heterocycles. The van der Waals surface area contributed by atoms with Crippen molar-refractivity contribution >= 4 is 11.8 Å². The highest BCUT2D eigenvalue weighted by Crippen LogP contribution is 2.29. The Bertz CT molecular complexity index is 300. The quantitative estimate of drug-likeness (QED) is 0.734. The summed E-state index contributed by atoms with van der Waals surface area (Å²) in [6.07, 6.45) is 2.21. The molecule has 0 fully saturated rings. The second-order valence-electron chi connectivity index (χ2n) is 6.07. The van der Waals surface area contributed by atoms with Crippen LogP contribution in [0.15, 0.2) is 0 Å². The Kier molecular flexibility index (Phi) is 6.36. The molecule has 1 unspecified atom stereocenters. The van der Waals surface area contributed by atoms with Gasteiger partial charge in [-0.15, -0.1) is 0 Å². The molecule has 106 valence electrons. The van der Waals surface area contributed by atoms with Crippen LogP contribution in [0, 0.1) is 5.41 Å². The van der Waals surface area contributed by atoms with Crippen molar-refractivity contribution in [3.05, 3.63) is 0 Å². The molecule has 0 saturated carbocycles. The molecule has 0 aromatic rings. The standard InChI is InChI=1S/C14H28N2O2/c1-7-12(18)16-14(6,8-2)9-13(4,5)10-15-11(3)17/h7-10H2,1-6H3,(H,15,17)(H,16,18). The van der Waals surface area contributed by atoms with Crippen molar-refractivity contribution in [2.75, 3.05) is 6.54 Å². The first-order chi connectivity index (χ1) is 8.14. The highest BCUT2D eigenvalue weighted by molar-refractivity contribution is 5.76. The number of carbonyl (C=O) groups excluding carboxylic acids is 2. The van der Waals surface area contributed by atoms with E-state index in [9.17, 15) is 9.59 Å². The van der Waals surface area contributed by atoms with Gasteiger partial charge in [-0.05, 0) is 25.2 Å². The van der Waals surface area contributed by atoms with Crippen LogP contribution in [0.5, 0.6) is 0 Å². The van der Waals surface area contributed by atoms with E-state index in [1.807, 2.05) is 6.92 Å². The van der Waals surface area contributed by atoms with Crippen molar-refractivity contribution in [1.82, 2.24) is 10.6 Å². The maximum absolute atomic E-state index is 11.6. The van der Waals surface area contributed by atoms with Crippen LogP contribution in [0.3, 0.4) is 0 Å². The zero-order valence-corrected chi connectivity index (χ0v) is 12.6. The third kappa shape index (κ3) is 6.62. The Hall–Kier alpha value is -1.06. The van der Waals surface area contributed by atoms with E-state index >= 15 is 0 Å². The third-order valence-corrected chi connectivity index (χ3v) is 3.23. The first kappa shape index (κ1) is 16.9. The highest BCUT2D eigenvalue weighted by Gasteiger charge is 2.32. The Morgan fingerprint density at radius 3 is 2.06 bits per heavy atom. The number of amides is 2. The summed E-state index contributed by atoms with van der Waals surface area (Å²) < 4.78 is 0. The van der Waals surface area contributed by atoms with Crippen molar-refractivity contribution < 1.29 is 9.59 Å². The molecule has 4 nitrogen and oxygen atoms in total. The summed E-state index contributed by atoms with van der Waals surface area (Å²) in [4.78, 5) is 22.5. The minimum Gasteiger partial charge on any atom is -0.356 e. The van der Waals surface area contributed by atoms with Gasteiger partial charge in [0.15, 0.2) is 0 Å². The van der Waals surface area contributed by atoms with Crippen LogP contribution >= 0.6 is 0 Å². The SMILES string of the molecule is CCC(=O)NC(C)(CC)CC(C)(C)CNC(C)=O. The highest BCUT2D eigenvalue weighted by atomic mass is 16.2. The van der Waals surface area contributed by atoms with E-state index in [0.717, 1.165) is 12.8 Å². The molecule has 0 saturated heterocycles. The maximum Gasteiger partial charge on any atom is 0.220 e. The van der Waals surface area contributed by atoms with Gasteiger partial charge in [0.25, 0.3) is 0 Å². The normalized spacial score (nSPS) is 14.8. The molecule has 2 N–H and O–H groups in total. The number of carbonyl (C=O) groups is 2. The lowest BCUT2D eigenvalue weighted by Crippen LogP contribution is -2.49. The van der Waals surface area contributed by atoms with Crippen molar-refractivity contribution in [2.24, 2.45) is 5.41 Å². The molecule has 0 radical (unpaired) electrons. The monoisotopic (exact) mass is 256 g/mol. The molecule has 0 aliphatic carbocycles. The van der Waals surface area contributed by atoms with Gasteiger partial charge in [0, 0.05) is 25.4 Å². The van der Waals surface area contributed by atoms with Gasteiger partial charge >= 0.3 is 0 Å². The molecular weight excluding hydrogens is 228 g/mol. The van der Waals surface area contributed by atoms with E-state index in [0.29, 0.717) is 13.0 Å². The Balaban J connectivity index is 4.57. The molecule has 0 aromatic carbocycles. The van der Waals surface area contributed by atoms with E-state index in [2.05, 4.69) is 38.3 Å². The molecule has 0 rings (SSSR count). The predicted molar refractivity (Wildman–Crippen MR) is 74.2 cm³/mol. The van der Waals surface area contributed by atoms with Crippen molar-refractivity contribution in [2.45, 2.75) is 66.3 Å². The summed E-state index contributed by atoms with van der Waals surface area (Å²) in [6.45, 7) is 12.4. The Morgan fingerprint density at radius 1 is 1.11 bits per heavy atom. The van der Waals surface area contributed by atoms with Gasteiger partial charge in [-0.1, -0.05) is 27.7 Å². The summed E-state index contributed by atoms with van der Waals surface area (Å²) in [7, 11) is 0. The number of hydrogen-bond acceptors (Lipinski definition) is 2. The molecular formula is C14H28N2O2. The van der Waals surface area contributed by atoms with Crippen molar-refractivity contribution in [3.8, 4) is 0 Å². The molecule has 1 atom stereocenters. The second-order valence-corrected chi connectivity index (χ2v) is 6.07. The first-order valence-corrected chi connectivity index (χ1v) is 6.69. The summed E-state index contributed by atoms with van der Waals surface area (Å²) in [5, 5.41) is 5.93. The van der Waals surface area contributed by atoms with Crippen molar-refractivity contribution in [1.29, 1.82) is 0 Å². The van der Waals surface area contributed by atoms with Crippen LogP contribution in [0.2, 0.25) is 0 Å². The van der Waals surface area contributed by atoms with Gasteiger partial charge in [0.1, 0.15) is 0 Å². The van der Waals surface area contributed by atoms with E-state index in [-0.39, 0.29) is 22.8 Å². The summed E-state index contributed by atoms with van der Waals surface area (Å²) in [5.74, 6) is 0.0635. The summed E-state index contributed by atoms with van der Waals surface area (Å²) in [6, 6.07) is 0. The predicted octanol–water partition coefficient (Wildman–Crippen LogP) is 2.23. The fourth-order valence-corrected chi connectivity index (χ4v) is 2.17. The summed E-state index contributed by atoms with van der Waals surface area (Å²) >= 11 is 0. The van der Waals surface area contributed by atoms with E-state index in [1.54, 1.807) is 0 Å². The number of hydrogen-bond donors (Lipinski definition) is 2. The minimum atomic E-state index is -0.213. The van der Waals surface area contributed by atoms with Crippen LogP contribution in [0.4, 0.5) is 0 Å². The van der Waals surface area contributed by atoms with E-state index in [4.69, 9.17) is 0 Å². The molecule has 0 bridgehead atoms. The van der Waals surface area contributed by atoms with Crippen LogP contribution in [-0.2, 0) is 9.59 Å². The van der Waals surface area contributed by atoms with Crippen LogP contribution < -0.4 is 10.6 Å². The van der Waals surface area contributed by atoms with Gasteiger partial charge in [0.2, 0.25) is 11.8 Å². The van der Waals surface area contributed by atoms with E-state index < -0.39 is 0 Å². The number of rotatable bonds is 7.